The van der Waals surface area contributed by atoms with Crippen molar-refractivity contribution in [3.05, 3.63) is 61.8 Å². The second-order valence-corrected chi connectivity index (χ2v) is 6.03. The van der Waals surface area contributed by atoms with Crippen LogP contribution in [0.15, 0.2) is 23.0 Å². The highest BCUT2D eigenvalue weighted by atomic mass is 35.5. The third-order valence-electron chi connectivity index (χ3n) is 3.91. The maximum atomic E-state index is 12.0. The third-order valence-corrected chi connectivity index (χ3v) is 4.32. The first kappa shape index (κ1) is 14.3. The number of H-pyrrole nitrogens is 1. The normalized spacial score (nSPS) is 15.0. The van der Waals surface area contributed by atoms with Crippen LogP contribution < -0.4 is 5.56 Å². The molecule has 1 aliphatic heterocycles. The maximum absolute atomic E-state index is 12.0. The van der Waals surface area contributed by atoms with Crippen LogP contribution in [0.25, 0.3) is 0 Å². The zero-order chi connectivity index (χ0) is 15.0. The molecule has 0 saturated heterocycles. The van der Waals surface area contributed by atoms with Gasteiger partial charge in [0.1, 0.15) is 5.82 Å². The Morgan fingerprint density at radius 2 is 2.19 bits per heavy atom. The van der Waals surface area contributed by atoms with Gasteiger partial charge in [0, 0.05) is 31.1 Å². The first-order valence-corrected chi connectivity index (χ1v) is 7.47. The average molecular weight is 304 g/mol. The number of fused-ring (bicyclic) bond motifs is 1. The lowest BCUT2D eigenvalue weighted by atomic mass is 10.1. The Bertz CT molecular complexity index is 739. The Morgan fingerprint density at radius 3 is 2.95 bits per heavy atom. The fraction of sp³-hybridized carbons (Fsp3) is 0.375. The predicted octanol–water partition coefficient (Wildman–Crippen LogP) is 2.60. The zero-order valence-electron chi connectivity index (χ0n) is 12.2. The molecule has 0 fully saturated rings. The first-order chi connectivity index (χ1) is 10.0. The molecule has 110 valence electrons. The monoisotopic (exact) mass is 303 g/mol. The number of aromatic nitrogens is 2. The van der Waals surface area contributed by atoms with Gasteiger partial charge in [-0.05, 0) is 31.0 Å². The number of nitrogens with zero attached hydrogens (tertiary/aromatic N) is 2. The van der Waals surface area contributed by atoms with E-state index in [1.807, 2.05) is 26.0 Å². The number of hydrogen-bond donors (Lipinski definition) is 1. The minimum absolute atomic E-state index is 0.0101. The van der Waals surface area contributed by atoms with Crippen LogP contribution in [0.4, 0.5) is 0 Å². The molecule has 4 nitrogen and oxygen atoms in total. The predicted molar refractivity (Wildman–Crippen MR) is 83.6 cm³/mol. The van der Waals surface area contributed by atoms with E-state index in [0.29, 0.717) is 12.4 Å². The summed E-state index contributed by atoms with van der Waals surface area (Å²) in [5, 5.41) is 0.792. The van der Waals surface area contributed by atoms with Gasteiger partial charge in [0.2, 0.25) is 0 Å². The summed E-state index contributed by atoms with van der Waals surface area (Å²) in [6.07, 6.45) is 0.819. The molecule has 0 amide bonds. The highest BCUT2D eigenvalue weighted by Gasteiger charge is 2.20. The molecular formula is C16H18ClN3O. The smallest absolute Gasteiger partial charge is 0.255 e. The van der Waals surface area contributed by atoms with E-state index in [-0.39, 0.29) is 5.56 Å². The van der Waals surface area contributed by atoms with E-state index in [0.717, 1.165) is 41.4 Å². The van der Waals surface area contributed by atoms with Crippen molar-refractivity contribution in [2.75, 3.05) is 6.54 Å². The molecule has 2 aromatic rings. The van der Waals surface area contributed by atoms with Gasteiger partial charge in [0.05, 0.1) is 11.3 Å². The van der Waals surface area contributed by atoms with Gasteiger partial charge in [-0.25, -0.2) is 4.98 Å². The molecule has 3 rings (SSSR count). The largest absolute Gasteiger partial charge is 0.310 e. The van der Waals surface area contributed by atoms with Gasteiger partial charge >= 0.3 is 0 Å². The average Bonchev–Trinajstić information content (AvgIpc) is 2.43. The van der Waals surface area contributed by atoms with Gasteiger partial charge < -0.3 is 4.98 Å². The van der Waals surface area contributed by atoms with E-state index in [4.69, 9.17) is 11.6 Å². The molecule has 0 aliphatic carbocycles. The number of aromatic amines is 1. The molecule has 0 unspecified atom stereocenters. The summed E-state index contributed by atoms with van der Waals surface area (Å²) in [7, 11) is 0. The molecule has 21 heavy (non-hydrogen) atoms. The minimum Gasteiger partial charge on any atom is -0.310 e. The second kappa shape index (κ2) is 5.62. The number of aryl methyl sites for hydroxylation is 2. The summed E-state index contributed by atoms with van der Waals surface area (Å²) in [6.45, 7) is 6.17. The molecular weight excluding hydrogens is 286 g/mol. The lowest BCUT2D eigenvalue weighted by Gasteiger charge is -2.27. The Balaban J connectivity index is 1.80. The van der Waals surface area contributed by atoms with Crippen LogP contribution in [0.5, 0.6) is 0 Å². The molecule has 0 saturated carbocycles. The fourth-order valence-electron chi connectivity index (χ4n) is 2.73. The molecule has 0 spiro atoms. The second-order valence-electron chi connectivity index (χ2n) is 5.62. The van der Waals surface area contributed by atoms with E-state index in [1.165, 1.54) is 5.56 Å². The quantitative estimate of drug-likeness (QED) is 0.928. The van der Waals surface area contributed by atoms with E-state index < -0.39 is 0 Å². The summed E-state index contributed by atoms with van der Waals surface area (Å²) in [4.78, 5) is 21.5. The van der Waals surface area contributed by atoms with E-state index >= 15 is 0 Å². The zero-order valence-corrected chi connectivity index (χ0v) is 13.0. The van der Waals surface area contributed by atoms with Crippen molar-refractivity contribution in [1.82, 2.24) is 14.9 Å². The van der Waals surface area contributed by atoms with Crippen LogP contribution >= 0.6 is 11.6 Å². The summed E-state index contributed by atoms with van der Waals surface area (Å²) < 4.78 is 0. The fourth-order valence-corrected chi connectivity index (χ4v) is 2.94. The van der Waals surface area contributed by atoms with E-state index in [9.17, 15) is 4.79 Å². The topological polar surface area (TPSA) is 49.0 Å². The molecule has 0 bridgehead atoms. The summed E-state index contributed by atoms with van der Waals surface area (Å²) in [5.41, 5.74) is 3.98. The van der Waals surface area contributed by atoms with Crippen LogP contribution in [0.2, 0.25) is 5.02 Å². The van der Waals surface area contributed by atoms with Crippen LogP contribution in [-0.2, 0) is 19.5 Å². The molecule has 1 aromatic heterocycles. The molecule has 2 heterocycles. The maximum Gasteiger partial charge on any atom is 0.255 e. The van der Waals surface area contributed by atoms with Gasteiger partial charge in [0.25, 0.3) is 5.56 Å². The highest BCUT2D eigenvalue weighted by Crippen LogP contribution is 2.20. The van der Waals surface area contributed by atoms with Crippen LogP contribution in [0.1, 0.15) is 28.2 Å². The summed E-state index contributed by atoms with van der Waals surface area (Å²) >= 11 is 6.17. The Labute approximate surface area is 128 Å². The molecule has 1 N–H and O–H groups in total. The minimum atomic E-state index is -0.0101. The van der Waals surface area contributed by atoms with E-state index in [2.05, 4.69) is 20.9 Å². The van der Waals surface area contributed by atoms with Gasteiger partial charge in [-0.2, -0.15) is 0 Å². The van der Waals surface area contributed by atoms with Crippen molar-refractivity contribution in [2.45, 2.75) is 33.4 Å². The lowest BCUT2D eigenvalue weighted by Crippen LogP contribution is -2.35. The number of hydrogen-bond acceptors (Lipinski definition) is 3. The highest BCUT2D eigenvalue weighted by molar-refractivity contribution is 6.31. The summed E-state index contributed by atoms with van der Waals surface area (Å²) in [5.74, 6) is 0.692. The number of rotatable bonds is 2. The Hall–Kier alpha value is -1.65. The standard InChI is InChI=1S/C16H18ClN3O/c1-10-3-4-12(7-14(10)17)8-20-6-5-15-13(9-20)16(21)19-11(2)18-15/h3-4,7H,5-6,8-9H2,1-2H3,(H,18,19,21). The lowest BCUT2D eigenvalue weighted by molar-refractivity contribution is 0.241. The Kier molecular flexibility index (Phi) is 3.83. The molecule has 5 heteroatoms. The van der Waals surface area contributed by atoms with Gasteiger partial charge in [-0.1, -0.05) is 23.7 Å². The Morgan fingerprint density at radius 1 is 1.38 bits per heavy atom. The number of halogens is 1. The van der Waals surface area contributed by atoms with Crippen molar-refractivity contribution in [3.8, 4) is 0 Å². The van der Waals surface area contributed by atoms with Crippen LogP contribution in [0.3, 0.4) is 0 Å². The van der Waals surface area contributed by atoms with Crippen molar-refractivity contribution >= 4 is 11.6 Å². The van der Waals surface area contributed by atoms with Crippen LogP contribution in [0, 0.1) is 13.8 Å². The summed E-state index contributed by atoms with van der Waals surface area (Å²) in [6, 6.07) is 6.13. The van der Waals surface area contributed by atoms with Crippen LogP contribution in [-0.4, -0.2) is 21.4 Å². The van der Waals surface area contributed by atoms with Gasteiger partial charge in [-0.3, -0.25) is 9.69 Å². The van der Waals surface area contributed by atoms with Gasteiger partial charge in [0.15, 0.2) is 0 Å². The SMILES string of the molecule is Cc1nc2c(c(=O)[nH]1)CN(Cc1ccc(C)c(Cl)c1)CC2. The molecule has 0 atom stereocenters. The van der Waals surface area contributed by atoms with Crippen molar-refractivity contribution < 1.29 is 0 Å². The molecule has 1 aromatic carbocycles. The first-order valence-electron chi connectivity index (χ1n) is 7.09. The van der Waals surface area contributed by atoms with Crippen molar-refractivity contribution in [1.29, 1.82) is 0 Å². The van der Waals surface area contributed by atoms with Crippen molar-refractivity contribution in [2.24, 2.45) is 0 Å². The van der Waals surface area contributed by atoms with E-state index in [1.54, 1.807) is 0 Å². The third kappa shape index (κ3) is 3.01. The number of benzene rings is 1. The van der Waals surface area contributed by atoms with Crippen molar-refractivity contribution in [3.63, 3.8) is 0 Å². The molecule has 0 radical (unpaired) electrons. The number of nitrogens with one attached hydrogen (secondary N) is 1. The molecule has 1 aliphatic rings. The van der Waals surface area contributed by atoms with Gasteiger partial charge in [-0.15, -0.1) is 0 Å².